The lowest BCUT2D eigenvalue weighted by Gasteiger charge is -2.37. The average molecular weight is 357 g/mol. The Bertz CT molecular complexity index is 573. The molecule has 3 rings (SSSR count). The van der Waals surface area contributed by atoms with Crippen molar-refractivity contribution >= 4 is 5.97 Å². The molecule has 1 N–H and O–H groups in total. The van der Waals surface area contributed by atoms with Crippen molar-refractivity contribution < 1.29 is 9.90 Å². The molecule has 2 fully saturated rings. The number of hydrogen-bond acceptors (Lipinski definition) is 1. The number of rotatable bonds is 6. The summed E-state index contributed by atoms with van der Waals surface area (Å²) < 4.78 is 0. The third-order valence-corrected chi connectivity index (χ3v) is 7.42. The molecule has 0 unspecified atom stereocenters. The molecule has 0 saturated heterocycles. The molecular formula is C24H36O2. The van der Waals surface area contributed by atoms with Crippen LogP contribution in [0.5, 0.6) is 0 Å². The van der Waals surface area contributed by atoms with E-state index in [1.165, 1.54) is 50.5 Å². The molecule has 0 spiro atoms. The Balaban J connectivity index is 1.69. The van der Waals surface area contributed by atoms with E-state index < -0.39 is 11.4 Å². The molecule has 144 valence electrons. The van der Waals surface area contributed by atoms with Gasteiger partial charge in [0.15, 0.2) is 0 Å². The Hall–Kier alpha value is -1.31. The average Bonchev–Trinajstić information content (AvgIpc) is 2.69. The molecule has 0 radical (unpaired) electrons. The quantitative estimate of drug-likeness (QED) is 0.617. The van der Waals surface area contributed by atoms with Gasteiger partial charge in [-0.05, 0) is 80.2 Å². The van der Waals surface area contributed by atoms with Crippen molar-refractivity contribution in [3.05, 3.63) is 35.4 Å². The van der Waals surface area contributed by atoms with E-state index in [1.54, 1.807) is 0 Å². The van der Waals surface area contributed by atoms with Crippen LogP contribution in [-0.4, -0.2) is 11.1 Å². The molecule has 0 heterocycles. The first-order chi connectivity index (χ1) is 12.6. The summed E-state index contributed by atoms with van der Waals surface area (Å²) in [6, 6.07) is 8.73. The molecule has 0 aromatic heterocycles. The highest BCUT2D eigenvalue weighted by molar-refractivity contribution is 5.81. The largest absolute Gasteiger partial charge is 0.481 e. The molecule has 2 aliphatic rings. The Morgan fingerprint density at radius 1 is 0.962 bits per heavy atom. The highest BCUT2D eigenvalue weighted by Gasteiger charge is 2.43. The highest BCUT2D eigenvalue weighted by atomic mass is 16.4. The van der Waals surface area contributed by atoms with Gasteiger partial charge < -0.3 is 5.11 Å². The summed E-state index contributed by atoms with van der Waals surface area (Å²) in [5, 5.41) is 10.00. The molecule has 26 heavy (non-hydrogen) atoms. The Morgan fingerprint density at radius 3 is 2.08 bits per heavy atom. The predicted molar refractivity (Wildman–Crippen MR) is 108 cm³/mol. The van der Waals surface area contributed by atoms with Gasteiger partial charge in [-0.25, -0.2) is 0 Å². The first kappa shape index (κ1) is 19.5. The van der Waals surface area contributed by atoms with E-state index in [-0.39, 0.29) is 0 Å². The molecule has 1 aromatic carbocycles. The van der Waals surface area contributed by atoms with E-state index in [0.717, 1.165) is 37.2 Å². The summed E-state index contributed by atoms with van der Waals surface area (Å²) >= 11 is 0. The van der Waals surface area contributed by atoms with Crippen LogP contribution in [0.4, 0.5) is 0 Å². The molecule has 0 atom stereocenters. The molecule has 0 aliphatic heterocycles. The van der Waals surface area contributed by atoms with Gasteiger partial charge in [-0.3, -0.25) is 4.79 Å². The maximum Gasteiger partial charge on any atom is 0.314 e. The summed E-state index contributed by atoms with van der Waals surface area (Å²) in [6.07, 6.45) is 12.9. The smallest absolute Gasteiger partial charge is 0.314 e. The second-order valence-electron chi connectivity index (χ2n) is 8.87. The van der Waals surface area contributed by atoms with E-state index in [1.807, 2.05) is 0 Å². The van der Waals surface area contributed by atoms with E-state index in [0.29, 0.717) is 11.8 Å². The second-order valence-corrected chi connectivity index (χ2v) is 8.87. The van der Waals surface area contributed by atoms with E-state index in [4.69, 9.17) is 0 Å². The summed E-state index contributed by atoms with van der Waals surface area (Å²) in [5.41, 5.74) is 1.80. The minimum Gasteiger partial charge on any atom is -0.481 e. The third kappa shape index (κ3) is 4.00. The van der Waals surface area contributed by atoms with Crippen molar-refractivity contribution in [3.8, 4) is 0 Å². The lowest BCUT2D eigenvalue weighted by molar-refractivity contribution is -0.145. The molecule has 2 saturated carbocycles. The maximum atomic E-state index is 12.2. The molecular weight excluding hydrogens is 320 g/mol. The van der Waals surface area contributed by atoms with Gasteiger partial charge in [0.2, 0.25) is 0 Å². The Labute approximate surface area is 159 Å². The van der Waals surface area contributed by atoms with Gasteiger partial charge in [0.25, 0.3) is 0 Å². The van der Waals surface area contributed by atoms with Crippen LogP contribution in [0.1, 0.15) is 102 Å². The maximum absolute atomic E-state index is 12.2. The molecule has 0 amide bonds. The molecule has 2 heteroatoms. The molecule has 1 aromatic rings. The van der Waals surface area contributed by atoms with Crippen molar-refractivity contribution in [2.75, 3.05) is 0 Å². The Morgan fingerprint density at radius 2 is 1.58 bits per heavy atom. The van der Waals surface area contributed by atoms with Crippen LogP contribution < -0.4 is 0 Å². The van der Waals surface area contributed by atoms with Crippen LogP contribution in [0.15, 0.2) is 24.3 Å². The number of carboxylic acid groups (broad SMARTS) is 1. The monoisotopic (exact) mass is 356 g/mol. The first-order valence-corrected chi connectivity index (χ1v) is 10.9. The third-order valence-electron chi connectivity index (χ3n) is 7.42. The van der Waals surface area contributed by atoms with Crippen molar-refractivity contribution in [1.29, 1.82) is 0 Å². The van der Waals surface area contributed by atoms with Gasteiger partial charge >= 0.3 is 5.97 Å². The summed E-state index contributed by atoms with van der Waals surface area (Å²) in [6.45, 7) is 4.51. The predicted octanol–water partition coefficient (Wildman–Crippen LogP) is 6.68. The zero-order chi connectivity index (χ0) is 18.6. The lowest BCUT2D eigenvalue weighted by Crippen LogP contribution is -2.39. The van der Waals surface area contributed by atoms with Gasteiger partial charge in [-0.1, -0.05) is 57.4 Å². The summed E-state index contributed by atoms with van der Waals surface area (Å²) in [7, 11) is 0. The van der Waals surface area contributed by atoms with Crippen LogP contribution in [0.2, 0.25) is 0 Å². The van der Waals surface area contributed by atoms with Crippen LogP contribution in [0.25, 0.3) is 0 Å². The summed E-state index contributed by atoms with van der Waals surface area (Å²) in [5.74, 6) is 1.69. The highest BCUT2D eigenvalue weighted by Crippen LogP contribution is 2.44. The number of hydrogen-bond donors (Lipinski definition) is 1. The fraction of sp³-hybridized carbons (Fsp3) is 0.708. The number of benzene rings is 1. The fourth-order valence-electron chi connectivity index (χ4n) is 5.47. The topological polar surface area (TPSA) is 37.3 Å². The normalized spacial score (nSPS) is 32.3. The number of aliphatic carboxylic acids is 1. The van der Waals surface area contributed by atoms with Crippen LogP contribution in [0.3, 0.4) is 0 Å². The van der Waals surface area contributed by atoms with Gasteiger partial charge in [-0.15, -0.1) is 0 Å². The molecule has 2 nitrogen and oxygen atoms in total. The van der Waals surface area contributed by atoms with E-state index in [2.05, 4.69) is 38.1 Å². The summed E-state index contributed by atoms with van der Waals surface area (Å²) in [4.78, 5) is 12.2. The first-order valence-electron chi connectivity index (χ1n) is 10.9. The molecule has 2 aliphatic carbocycles. The minimum absolute atomic E-state index is 0.625. The van der Waals surface area contributed by atoms with Gasteiger partial charge in [0, 0.05) is 0 Å². The second kappa shape index (κ2) is 8.59. The van der Waals surface area contributed by atoms with Crippen molar-refractivity contribution in [2.24, 2.45) is 11.8 Å². The van der Waals surface area contributed by atoms with Crippen LogP contribution in [0, 0.1) is 11.8 Å². The fourth-order valence-corrected chi connectivity index (χ4v) is 5.47. The lowest BCUT2D eigenvalue weighted by atomic mass is 9.66. The van der Waals surface area contributed by atoms with Crippen molar-refractivity contribution in [2.45, 2.75) is 95.8 Å². The zero-order valence-corrected chi connectivity index (χ0v) is 16.7. The number of carbonyl (C=O) groups is 1. The SMILES string of the molecule is CCCC1CCC(c2ccc(C3(C(=O)O)CCC(CC)CC3)cc2)CC1. The van der Waals surface area contributed by atoms with Crippen molar-refractivity contribution in [1.82, 2.24) is 0 Å². The standard InChI is InChI=1S/C24H36O2/c1-3-5-19-6-8-20(9-7-19)21-10-12-22(13-11-21)24(23(25)26)16-14-18(4-2)15-17-24/h10-13,18-20H,3-9,14-17H2,1-2H3,(H,25,26). The van der Waals surface area contributed by atoms with Gasteiger partial charge in [0.1, 0.15) is 0 Å². The van der Waals surface area contributed by atoms with E-state index in [9.17, 15) is 9.90 Å². The van der Waals surface area contributed by atoms with E-state index >= 15 is 0 Å². The van der Waals surface area contributed by atoms with Gasteiger partial charge in [0.05, 0.1) is 5.41 Å². The molecule has 0 bridgehead atoms. The Kier molecular flexibility index (Phi) is 6.42. The van der Waals surface area contributed by atoms with Gasteiger partial charge in [-0.2, -0.15) is 0 Å². The minimum atomic E-state index is -0.650. The zero-order valence-electron chi connectivity index (χ0n) is 16.7. The van der Waals surface area contributed by atoms with Crippen LogP contribution in [-0.2, 0) is 10.2 Å². The number of carboxylic acids is 1. The van der Waals surface area contributed by atoms with Crippen molar-refractivity contribution in [3.63, 3.8) is 0 Å². The van der Waals surface area contributed by atoms with Crippen LogP contribution >= 0.6 is 0 Å².